The Bertz CT molecular complexity index is 126. The summed E-state index contributed by atoms with van der Waals surface area (Å²) in [5, 5.41) is 0. The van der Waals surface area contributed by atoms with E-state index in [0.29, 0.717) is 0 Å². The molecule has 16 heavy (non-hydrogen) atoms. The van der Waals surface area contributed by atoms with Crippen LogP contribution >= 0.6 is 0 Å². The first-order chi connectivity index (χ1) is 7.69. The van der Waals surface area contributed by atoms with E-state index in [4.69, 9.17) is 0 Å². The molecule has 0 atom stereocenters. The van der Waals surface area contributed by atoms with Gasteiger partial charge in [-0.25, -0.2) is 0 Å². The Morgan fingerprint density at radius 1 is 0.500 bits per heavy atom. The van der Waals surface area contributed by atoms with Crippen molar-refractivity contribution in [3.8, 4) is 0 Å². The van der Waals surface area contributed by atoms with Crippen LogP contribution in [-0.2, 0) is 0 Å². The third-order valence-corrected chi connectivity index (χ3v) is 15.4. The van der Waals surface area contributed by atoms with Crippen molar-refractivity contribution in [2.75, 3.05) is 39.3 Å². The first kappa shape index (κ1) is 16.8. The van der Waals surface area contributed by atoms with Gasteiger partial charge >= 0.3 is 112 Å². The summed E-state index contributed by atoms with van der Waals surface area (Å²) < 4.78 is 8.24. The number of hydrogen-bond donors (Lipinski definition) is 0. The molecule has 3 nitrogen and oxygen atoms in total. The molecule has 0 saturated carbocycles. The van der Waals surface area contributed by atoms with Gasteiger partial charge in [0.2, 0.25) is 0 Å². The normalized spacial score (nSPS) is 12.4. The van der Waals surface area contributed by atoms with E-state index in [9.17, 15) is 0 Å². The third-order valence-electron chi connectivity index (χ3n) is 2.95. The molecule has 0 aromatic rings. The molecule has 0 aliphatic carbocycles. The number of hydrogen-bond acceptors (Lipinski definition) is 3. The van der Waals surface area contributed by atoms with Crippen molar-refractivity contribution in [3.63, 3.8) is 0 Å². The molecular weight excluding hydrogens is 395 g/mol. The molecule has 0 radical (unpaired) electrons. The van der Waals surface area contributed by atoms with Gasteiger partial charge in [-0.3, -0.25) is 0 Å². The van der Waals surface area contributed by atoms with Crippen molar-refractivity contribution in [1.29, 1.82) is 0 Å². The summed E-state index contributed by atoms with van der Waals surface area (Å²) in [6.07, 6.45) is 0. The van der Waals surface area contributed by atoms with Gasteiger partial charge in [0.05, 0.1) is 0 Å². The van der Waals surface area contributed by atoms with Crippen molar-refractivity contribution in [3.05, 3.63) is 0 Å². The molecule has 0 amide bonds. The molecule has 0 aliphatic rings. The van der Waals surface area contributed by atoms with Gasteiger partial charge in [-0.2, -0.15) is 0 Å². The van der Waals surface area contributed by atoms with E-state index in [1.165, 1.54) is 39.3 Å². The third kappa shape index (κ3) is 4.56. The molecule has 0 N–H and O–H groups in total. The quantitative estimate of drug-likeness (QED) is 0.524. The van der Waals surface area contributed by atoms with Gasteiger partial charge in [-0.1, -0.05) is 0 Å². The Morgan fingerprint density at radius 3 is 0.812 bits per heavy atom. The second kappa shape index (κ2) is 9.76. The van der Waals surface area contributed by atoms with E-state index in [0.717, 1.165) is 0 Å². The van der Waals surface area contributed by atoms with E-state index < -0.39 is 22.6 Å². The summed E-state index contributed by atoms with van der Waals surface area (Å²) >= 11 is -1.80. The van der Waals surface area contributed by atoms with Crippen LogP contribution in [0.1, 0.15) is 41.5 Å². The Hall–Kier alpha value is 0.763. The zero-order valence-corrected chi connectivity index (χ0v) is 15.5. The van der Waals surface area contributed by atoms with Crippen molar-refractivity contribution < 1.29 is 0 Å². The Morgan fingerprint density at radius 2 is 0.688 bits per heavy atom. The predicted octanol–water partition coefficient (Wildman–Crippen LogP) is 2.00. The van der Waals surface area contributed by atoms with Gasteiger partial charge in [0.25, 0.3) is 0 Å². The second-order valence-electron chi connectivity index (χ2n) is 3.69. The van der Waals surface area contributed by atoms with Gasteiger partial charge in [0.15, 0.2) is 0 Å². The van der Waals surface area contributed by atoms with Crippen LogP contribution in [0.25, 0.3) is 0 Å². The van der Waals surface area contributed by atoms with E-state index in [2.05, 4.69) is 50.1 Å². The van der Waals surface area contributed by atoms with Crippen LogP contribution < -0.4 is 0 Å². The summed E-state index contributed by atoms with van der Waals surface area (Å²) in [6, 6.07) is 0. The van der Waals surface area contributed by atoms with Gasteiger partial charge in [0.1, 0.15) is 0 Å². The Kier molecular flexibility index (Phi) is 10.2. The van der Waals surface area contributed by atoms with Crippen LogP contribution in [0.2, 0.25) is 0 Å². The van der Waals surface area contributed by atoms with Crippen LogP contribution in [0.15, 0.2) is 0 Å². The van der Waals surface area contributed by atoms with Crippen molar-refractivity contribution in [2.24, 2.45) is 0 Å². The van der Waals surface area contributed by atoms with Crippen LogP contribution in [0.4, 0.5) is 0 Å². The fourth-order valence-corrected chi connectivity index (χ4v) is 12.0. The number of nitrogens with zero attached hydrogens (tertiary/aromatic N) is 3. The second-order valence-corrected chi connectivity index (χ2v) is 12.4. The van der Waals surface area contributed by atoms with E-state index >= 15 is 0 Å². The monoisotopic (exact) mass is 425 g/mol. The van der Waals surface area contributed by atoms with Gasteiger partial charge in [-0.05, 0) is 0 Å². The topological polar surface area (TPSA) is 9.72 Å². The Labute approximate surface area is 112 Å². The van der Waals surface area contributed by atoms with E-state index in [1.54, 1.807) is 0 Å². The summed E-state index contributed by atoms with van der Waals surface area (Å²) in [5.41, 5.74) is 0. The molecule has 0 spiro atoms. The van der Waals surface area contributed by atoms with Crippen molar-refractivity contribution in [1.82, 2.24) is 8.53 Å². The molecule has 4 heteroatoms. The molecule has 0 aromatic heterocycles. The fourth-order valence-electron chi connectivity index (χ4n) is 1.97. The fraction of sp³-hybridized carbons (Fsp3) is 1.00. The minimum atomic E-state index is -1.80. The summed E-state index contributed by atoms with van der Waals surface area (Å²) in [4.78, 5) is 0. The molecule has 0 bridgehead atoms. The van der Waals surface area contributed by atoms with Crippen LogP contribution in [-0.4, -0.2) is 70.4 Å². The van der Waals surface area contributed by atoms with Crippen LogP contribution in [0.3, 0.4) is 0 Å². The molecule has 98 valence electrons. The SMILES string of the molecule is CC[N](CC)[Bi]([N](CC)CC)[N](CC)CC. The predicted molar refractivity (Wildman–Crippen MR) is 74.5 cm³/mol. The maximum atomic E-state index is 2.75. The maximum absolute atomic E-state index is 2.75. The molecule has 0 heterocycles. The Balaban J connectivity index is 4.84. The van der Waals surface area contributed by atoms with Crippen LogP contribution in [0, 0.1) is 0 Å². The van der Waals surface area contributed by atoms with E-state index in [-0.39, 0.29) is 0 Å². The summed E-state index contributed by atoms with van der Waals surface area (Å²) in [7, 11) is 0. The molecule has 0 unspecified atom stereocenters. The number of rotatable bonds is 9. The van der Waals surface area contributed by atoms with Gasteiger partial charge in [0, 0.05) is 0 Å². The van der Waals surface area contributed by atoms with Crippen molar-refractivity contribution in [2.45, 2.75) is 41.5 Å². The van der Waals surface area contributed by atoms with Crippen LogP contribution in [0.5, 0.6) is 0 Å². The average molecular weight is 425 g/mol. The van der Waals surface area contributed by atoms with Gasteiger partial charge < -0.3 is 0 Å². The molecule has 0 rings (SSSR count). The van der Waals surface area contributed by atoms with E-state index in [1.807, 2.05) is 0 Å². The average Bonchev–Trinajstić information content (AvgIpc) is 2.33. The summed E-state index contributed by atoms with van der Waals surface area (Å²) in [6.45, 7) is 21.1. The van der Waals surface area contributed by atoms with Gasteiger partial charge in [-0.15, -0.1) is 0 Å². The molecule has 0 aliphatic heterocycles. The minimum absolute atomic E-state index is 1.21. The summed E-state index contributed by atoms with van der Waals surface area (Å²) in [5.74, 6) is 0. The molecule has 0 aromatic carbocycles. The molecular formula is C12H30BiN3. The van der Waals surface area contributed by atoms with Crippen molar-refractivity contribution >= 4 is 22.6 Å². The zero-order chi connectivity index (χ0) is 12.6. The first-order valence-corrected chi connectivity index (χ1v) is 11.4. The molecule has 0 saturated heterocycles. The molecule has 0 fully saturated rings. The first-order valence-electron chi connectivity index (χ1n) is 6.74. The standard InChI is InChI=1S/3C4H10N.Bi/c3*1-3-5-4-2;/h3*3-4H2,1-2H3;/q3*-1;+3. The zero-order valence-electron chi connectivity index (χ0n) is 12.0.